The lowest BCUT2D eigenvalue weighted by atomic mass is 9.84. The molecule has 2 atom stereocenters. The molecule has 0 saturated heterocycles. The van der Waals surface area contributed by atoms with Crippen LogP contribution in [0.4, 0.5) is 11.5 Å². The van der Waals surface area contributed by atoms with Gasteiger partial charge in [-0.15, -0.1) is 0 Å². The number of aromatic nitrogens is 1. The number of hydrogen-bond acceptors (Lipinski definition) is 5. The molecule has 1 aliphatic carbocycles. The number of pyridine rings is 1. The number of hydrogen-bond donors (Lipinski definition) is 1. The smallest absolute Gasteiger partial charge is 0.305 e. The van der Waals surface area contributed by atoms with Crippen molar-refractivity contribution in [1.29, 1.82) is 5.26 Å². The molecule has 106 valence electrons. The molecule has 2 unspecified atom stereocenters. The minimum absolute atomic E-state index is 0.136. The topological polar surface area (TPSA) is 91.9 Å². The van der Waals surface area contributed by atoms with Gasteiger partial charge in [0.1, 0.15) is 11.9 Å². The summed E-state index contributed by atoms with van der Waals surface area (Å²) in [6, 6.07) is 5.04. The lowest BCUT2D eigenvalue weighted by Gasteiger charge is -2.29. The van der Waals surface area contributed by atoms with Crippen molar-refractivity contribution < 1.29 is 4.92 Å². The Bertz CT molecular complexity index is 538. The molecule has 1 saturated carbocycles. The van der Waals surface area contributed by atoms with E-state index in [9.17, 15) is 10.1 Å². The van der Waals surface area contributed by atoms with Crippen molar-refractivity contribution in [2.24, 2.45) is 5.92 Å². The number of nitrogens with zero attached hydrogens (tertiary/aromatic N) is 3. The lowest BCUT2D eigenvalue weighted by molar-refractivity contribution is -0.385. The van der Waals surface area contributed by atoms with E-state index in [2.05, 4.69) is 17.2 Å². The van der Waals surface area contributed by atoms with Gasteiger partial charge < -0.3 is 5.32 Å². The van der Waals surface area contributed by atoms with E-state index < -0.39 is 4.92 Å². The average molecular weight is 274 g/mol. The first-order valence-corrected chi connectivity index (χ1v) is 6.96. The highest BCUT2D eigenvalue weighted by Gasteiger charge is 2.22. The molecular formula is C14H18N4O2. The van der Waals surface area contributed by atoms with Gasteiger partial charge in [0.2, 0.25) is 5.69 Å². The Balaban J connectivity index is 2.10. The van der Waals surface area contributed by atoms with E-state index in [1.165, 1.54) is 25.3 Å². The average Bonchev–Trinajstić information content (AvgIpc) is 2.47. The summed E-state index contributed by atoms with van der Waals surface area (Å²) in [5.74, 6) is 1.28. The van der Waals surface area contributed by atoms with E-state index in [0.717, 1.165) is 18.8 Å². The molecule has 1 aromatic rings. The van der Waals surface area contributed by atoms with Crippen molar-refractivity contribution >= 4 is 11.5 Å². The van der Waals surface area contributed by atoms with Crippen LogP contribution in [-0.2, 0) is 0 Å². The Labute approximate surface area is 118 Å². The number of nitrogens with one attached hydrogen (secondary N) is 1. The Kier molecular flexibility index (Phi) is 4.51. The third-order valence-corrected chi connectivity index (χ3v) is 3.89. The quantitative estimate of drug-likeness (QED) is 0.672. The van der Waals surface area contributed by atoms with Crippen molar-refractivity contribution in [3.05, 3.63) is 27.9 Å². The van der Waals surface area contributed by atoms with Crippen LogP contribution < -0.4 is 5.32 Å². The summed E-state index contributed by atoms with van der Waals surface area (Å²) in [4.78, 5) is 14.2. The first kappa shape index (κ1) is 14.3. The molecular weight excluding hydrogens is 256 g/mol. The van der Waals surface area contributed by atoms with E-state index in [1.807, 2.05) is 0 Å². The molecule has 1 N–H and O–H groups in total. The maximum absolute atomic E-state index is 10.8. The van der Waals surface area contributed by atoms with Crippen LogP contribution in [0.25, 0.3) is 0 Å². The van der Waals surface area contributed by atoms with Crippen LogP contribution in [0.2, 0.25) is 0 Å². The summed E-state index contributed by atoms with van der Waals surface area (Å²) < 4.78 is 0. The summed E-state index contributed by atoms with van der Waals surface area (Å²) in [6.45, 7) is 2.20. The van der Waals surface area contributed by atoms with Crippen LogP contribution in [-0.4, -0.2) is 15.9 Å². The summed E-state index contributed by atoms with van der Waals surface area (Å²) in [7, 11) is 0. The van der Waals surface area contributed by atoms with Gasteiger partial charge in [0.25, 0.3) is 0 Å². The third kappa shape index (κ3) is 3.23. The van der Waals surface area contributed by atoms with Gasteiger partial charge in [-0.1, -0.05) is 26.2 Å². The van der Waals surface area contributed by atoms with Crippen LogP contribution in [0.5, 0.6) is 0 Å². The van der Waals surface area contributed by atoms with Crippen LogP contribution in [0.15, 0.2) is 12.1 Å². The van der Waals surface area contributed by atoms with Gasteiger partial charge in [-0.25, -0.2) is 4.98 Å². The summed E-state index contributed by atoms with van der Waals surface area (Å²) >= 11 is 0. The van der Waals surface area contributed by atoms with E-state index in [-0.39, 0.29) is 11.4 Å². The molecule has 0 amide bonds. The number of nitro groups is 1. The first-order chi connectivity index (χ1) is 9.63. The zero-order chi connectivity index (χ0) is 14.5. The molecule has 6 nitrogen and oxygen atoms in total. The Morgan fingerprint density at radius 1 is 1.55 bits per heavy atom. The second-order valence-corrected chi connectivity index (χ2v) is 5.22. The van der Waals surface area contributed by atoms with Gasteiger partial charge in [0.05, 0.1) is 4.92 Å². The monoisotopic (exact) mass is 274 g/mol. The SMILES string of the molecule is CCC1CCCC(Nc2ccc([N+](=O)[O-])c(C#N)n2)C1. The molecule has 1 aromatic heterocycles. The summed E-state index contributed by atoms with van der Waals surface area (Å²) in [6.07, 6.45) is 5.81. The predicted molar refractivity (Wildman–Crippen MR) is 75.3 cm³/mol. The molecule has 2 rings (SSSR count). The summed E-state index contributed by atoms with van der Waals surface area (Å²) in [5, 5.41) is 23.0. The summed E-state index contributed by atoms with van der Waals surface area (Å²) in [5.41, 5.74) is -0.379. The highest BCUT2D eigenvalue weighted by Crippen LogP contribution is 2.28. The fraction of sp³-hybridized carbons (Fsp3) is 0.571. The van der Waals surface area contributed by atoms with Crippen molar-refractivity contribution in [1.82, 2.24) is 4.98 Å². The minimum Gasteiger partial charge on any atom is -0.367 e. The van der Waals surface area contributed by atoms with Crippen LogP contribution in [0.3, 0.4) is 0 Å². The Morgan fingerprint density at radius 2 is 2.35 bits per heavy atom. The van der Waals surface area contributed by atoms with E-state index in [1.54, 1.807) is 12.1 Å². The highest BCUT2D eigenvalue weighted by atomic mass is 16.6. The molecule has 0 spiro atoms. The van der Waals surface area contributed by atoms with Crippen LogP contribution in [0, 0.1) is 27.4 Å². The molecule has 0 aliphatic heterocycles. The van der Waals surface area contributed by atoms with Crippen molar-refractivity contribution in [3.63, 3.8) is 0 Å². The number of nitriles is 1. The molecule has 1 aliphatic rings. The maximum atomic E-state index is 10.8. The molecule has 1 heterocycles. The van der Waals surface area contributed by atoms with Gasteiger partial charge >= 0.3 is 5.69 Å². The second-order valence-electron chi connectivity index (χ2n) is 5.22. The van der Waals surface area contributed by atoms with Crippen molar-refractivity contribution in [3.8, 4) is 6.07 Å². The lowest BCUT2D eigenvalue weighted by Crippen LogP contribution is -2.27. The fourth-order valence-electron chi connectivity index (χ4n) is 2.76. The molecule has 0 bridgehead atoms. The molecule has 0 radical (unpaired) electrons. The highest BCUT2D eigenvalue weighted by molar-refractivity contribution is 5.50. The largest absolute Gasteiger partial charge is 0.367 e. The number of anilines is 1. The van der Waals surface area contributed by atoms with Gasteiger partial charge in [-0.05, 0) is 24.8 Å². The van der Waals surface area contributed by atoms with Crippen molar-refractivity contribution in [2.75, 3.05) is 5.32 Å². The first-order valence-electron chi connectivity index (χ1n) is 6.96. The van der Waals surface area contributed by atoms with E-state index >= 15 is 0 Å². The zero-order valence-electron chi connectivity index (χ0n) is 11.5. The van der Waals surface area contributed by atoms with Crippen molar-refractivity contribution in [2.45, 2.75) is 45.1 Å². The maximum Gasteiger partial charge on any atom is 0.305 e. The molecule has 6 heteroatoms. The predicted octanol–water partition coefficient (Wildman–Crippen LogP) is 3.24. The third-order valence-electron chi connectivity index (χ3n) is 3.89. The minimum atomic E-state index is -0.580. The zero-order valence-corrected chi connectivity index (χ0v) is 11.5. The van der Waals surface area contributed by atoms with E-state index in [0.29, 0.717) is 11.9 Å². The molecule has 20 heavy (non-hydrogen) atoms. The van der Waals surface area contributed by atoms with E-state index in [4.69, 9.17) is 5.26 Å². The fourth-order valence-corrected chi connectivity index (χ4v) is 2.76. The van der Waals surface area contributed by atoms with Crippen LogP contribution in [0.1, 0.15) is 44.7 Å². The van der Waals surface area contributed by atoms with Gasteiger partial charge in [0.15, 0.2) is 0 Å². The van der Waals surface area contributed by atoms with Gasteiger partial charge in [-0.2, -0.15) is 5.26 Å². The van der Waals surface area contributed by atoms with Gasteiger partial charge in [0, 0.05) is 12.1 Å². The van der Waals surface area contributed by atoms with Crippen LogP contribution >= 0.6 is 0 Å². The Hall–Kier alpha value is -2.16. The normalized spacial score (nSPS) is 22.0. The second kappa shape index (κ2) is 6.33. The standard InChI is InChI=1S/C14H18N4O2/c1-2-10-4-3-5-11(8-10)16-14-7-6-13(18(19)20)12(9-15)17-14/h6-7,10-11H,2-5,8H2,1H3,(H,16,17). The molecule has 0 aromatic carbocycles. The number of rotatable bonds is 4. The van der Waals surface area contributed by atoms with Gasteiger partial charge in [-0.3, -0.25) is 10.1 Å². The molecule has 1 fully saturated rings. The Morgan fingerprint density at radius 3 is 3.00 bits per heavy atom.